The van der Waals surface area contributed by atoms with E-state index in [0.29, 0.717) is 6.04 Å². The van der Waals surface area contributed by atoms with Gasteiger partial charge in [0.2, 0.25) is 0 Å². The fourth-order valence-electron chi connectivity index (χ4n) is 3.46. The van der Waals surface area contributed by atoms with Crippen LogP contribution in [0, 0.1) is 18.8 Å². The highest BCUT2D eigenvalue weighted by Gasteiger charge is 2.27. The molecule has 1 unspecified atom stereocenters. The zero-order valence-corrected chi connectivity index (χ0v) is 14.0. The Balaban J connectivity index is 2.10. The van der Waals surface area contributed by atoms with E-state index in [1.165, 1.54) is 31.4 Å². The van der Waals surface area contributed by atoms with E-state index in [-0.39, 0.29) is 0 Å². The van der Waals surface area contributed by atoms with Crippen molar-refractivity contribution >= 4 is 11.6 Å². The molecular formula is C16H28ClN3. The summed E-state index contributed by atoms with van der Waals surface area (Å²) in [6.45, 7) is 7.38. The smallest absolute Gasteiger partial charge is 0.0847 e. The van der Waals surface area contributed by atoms with Gasteiger partial charge in [-0.3, -0.25) is 4.68 Å². The van der Waals surface area contributed by atoms with Crippen molar-refractivity contribution in [2.75, 3.05) is 7.05 Å². The lowest BCUT2D eigenvalue weighted by molar-refractivity contribution is 0.233. The quantitative estimate of drug-likeness (QED) is 0.895. The van der Waals surface area contributed by atoms with E-state index >= 15 is 0 Å². The lowest BCUT2D eigenvalue weighted by Gasteiger charge is -2.32. The maximum absolute atomic E-state index is 6.44. The number of hydrogen-bond acceptors (Lipinski definition) is 2. The number of aryl methyl sites for hydroxylation is 2. The fourth-order valence-corrected chi connectivity index (χ4v) is 3.68. The van der Waals surface area contributed by atoms with Crippen molar-refractivity contribution in [3.05, 3.63) is 16.4 Å². The number of nitrogens with zero attached hydrogens (tertiary/aromatic N) is 2. The van der Waals surface area contributed by atoms with Gasteiger partial charge in [-0.25, -0.2) is 0 Å². The highest BCUT2D eigenvalue weighted by molar-refractivity contribution is 6.31. The van der Waals surface area contributed by atoms with Gasteiger partial charge in [-0.2, -0.15) is 5.10 Å². The van der Waals surface area contributed by atoms with Crippen molar-refractivity contribution in [1.82, 2.24) is 15.1 Å². The highest BCUT2D eigenvalue weighted by Crippen LogP contribution is 2.32. The minimum Gasteiger partial charge on any atom is -0.316 e. The Morgan fingerprint density at radius 3 is 2.55 bits per heavy atom. The fraction of sp³-hybridized carbons (Fsp3) is 0.812. The van der Waals surface area contributed by atoms with Crippen LogP contribution in [-0.2, 0) is 13.0 Å². The van der Waals surface area contributed by atoms with Crippen LogP contribution in [0.2, 0.25) is 5.02 Å². The molecule has 0 aliphatic heterocycles. The SMILES string of the molecule is CCn1nc(C)c(Cl)c1CC(NC)C1CCC(C)CC1. The molecule has 1 aromatic rings. The molecule has 20 heavy (non-hydrogen) atoms. The van der Waals surface area contributed by atoms with Crippen molar-refractivity contribution < 1.29 is 0 Å². The molecule has 114 valence electrons. The van der Waals surface area contributed by atoms with Gasteiger partial charge in [0.25, 0.3) is 0 Å². The zero-order valence-electron chi connectivity index (χ0n) is 13.2. The summed E-state index contributed by atoms with van der Waals surface area (Å²) in [6, 6.07) is 0.515. The number of halogens is 1. The van der Waals surface area contributed by atoms with Crippen LogP contribution in [-0.4, -0.2) is 22.9 Å². The molecular weight excluding hydrogens is 270 g/mol. The summed E-state index contributed by atoms with van der Waals surface area (Å²) in [5.41, 5.74) is 2.15. The molecule has 0 amide bonds. The third-order valence-corrected chi connectivity index (χ3v) is 5.36. The first-order valence-electron chi connectivity index (χ1n) is 7.95. The van der Waals surface area contributed by atoms with Gasteiger partial charge in [0.05, 0.1) is 16.4 Å². The minimum absolute atomic E-state index is 0.515. The first-order chi connectivity index (χ1) is 9.56. The van der Waals surface area contributed by atoms with Crippen molar-refractivity contribution in [3.63, 3.8) is 0 Å². The molecule has 0 saturated heterocycles. The van der Waals surface area contributed by atoms with E-state index in [2.05, 4.69) is 36.0 Å². The van der Waals surface area contributed by atoms with Crippen LogP contribution in [0.25, 0.3) is 0 Å². The molecule has 0 radical (unpaired) electrons. The summed E-state index contributed by atoms with van der Waals surface area (Å²) in [7, 11) is 2.08. The summed E-state index contributed by atoms with van der Waals surface area (Å²) in [5.74, 6) is 1.67. The molecule has 1 N–H and O–H groups in total. The van der Waals surface area contributed by atoms with Gasteiger partial charge in [-0.1, -0.05) is 31.4 Å². The largest absolute Gasteiger partial charge is 0.316 e. The summed E-state index contributed by atoms with van der Waals surface area (Å²) >= 11 is 6.44. The second kappa shape index (κ2) is 6.95. The lowest BCUT2D eigenvalue weighted by Crippen LogP contribution is -2.38. The second-order valence-electron chi connectivity index (χ2n) is 6.28. The van der Waals surface area contributed by atoms with Gasteiger partial charge in [-0.05, 0) is 45.6 Å². The van der Waals surface area contributed by atoms with Crippen molar-refractivity contribution in [2.45, 2.75) is 65.5 Å². The molecule has 1 atom stereocenters. The molecule has 0 bridgehead atoms. The molecule has 4 heteroatoms. The molecule has 1 heterocycles. The van der Waals surface area contributed by atoms with Crippen LogP contribution in [0.5, 0.6) is 0 Å². The van der Waals surface area contributed by atoms with Crippen LogP contribution in [0.1, 0.15) is 50.9 Å². The van der Waals surface area contributed by atoms with Crippen LogP contribution >= 0.6 is 11.6 Å². The Kier molecular flexibility index (Phi) is 5.50. The monoisotopic (exact) mass is 297 g/mol. The summed E-state index contributed by atoms with van der Waals surface area (Å²) in [4.78, 5) is 0. The number of hydrogen-bond donors (Lipinski definition) is 1. The van der Waals surface area contributed by atoms with Crippen molar-refractivity contribution in [3.8, 4) is 0 Å². The highest BCUT2D eigenvalue weighted by atomic mass is 35.5. The van der Waals surface area contributed by atoms with Gasteiger partial charge in [0.15, 0.2) is 0 Å². The average molecular weight is 298 g/mol. The Labute approximate surface area is 128 Å². The Morgan fingerprint density at radius 1 is 1.35 bits per heavy atom. The predicted molar refractivity (Wildman–Crippen MR) is 85.3 cm³/mol. The van der Waals surface area contributed by atoms with Gasteiger partial charge in [0.1, 0.15) is 0 Å². The zero-order chi connectivity index (χ0) is 14.7. The third kappa shape index (κ3) is 3.37. The third-order valence-electron chi connectivity index (χ3n) is 4.87. The Bertz CT molecular complexity index is 433. The van der Waals surface area contributed by atoms with E-state index in [9.17, 15) is 0 Å². The van der Waals surface area contributed by atoms with Gasteiger partial charge >= 0.3 is 0 Å². The Hall–Kier alpha value is -0.540. The number of rotatable bonds is 5. The van der Waals surface area contributed by atoms with Gasteiger partial charge in [-0.15, -0.1) is 0 Å². The van der Waals surface area contributed by atoms with Crippen LogP contribution in [0.3, 0.4) is 0 Å². The standard InChI is InChI=1S/C16H28ClN3/c1-5-20-15(16(17)12(3)19-20)10-14(18-4)13-8-6-11(2)7-9-13/h11,13-14,18H,5-10H2,1-4H3. The molecule has 1 saturated carbocycles. The molecule has 0 spiro atoms. The summed E-state index contributed by atoms with van der Waals surface area (Å²) in [6.07, 6.45) is 6.39. The van der Waals surface area contributed by atoms with E-state index in [1.54, 1.807) is 0 Å². The van der Waals surface area contributed by atoms with Crippen LogP contribution < -0.4 is 5.32 Å². The molecule has 1 fully saturated rings. The second-order valence-corrected chi connectivity index (χ2v) is 6.66. The molecule has 2 rings (SSSR count). The van der Waals surface area contributed by atoms with Crippen molar-refractivity contribution in [2.24, 2.45) is 11.8 Å². The van der Waals surface area contributed by atoms with Crippen LogP contribution in [0.4, 0.5) is 0 Å². The molecule has 0 aromatic carbocycles. The summed E-state index contributed by atoms with van der Waals surface area (Å²) in [5, 5.41) is 8.91. The van der Waals surface area contributed by atoms with E-state index < -0.39 is 0 Å². The molecule has 1 aliphatic carbocycles. The van der Waals surface area contributed by atoms with Crippen molar-refractivity contribution in [1.29, 1.82) is 0 Å². The summed E-state index contributed by atoms with van der Waals surface area (Å²) < 4.78 is 2.06. The maximum Gasteiger partial charge on any atom is 0.0847 e. The first-order valence-corrected chi connectivity index (χ1v) is 8.33. The predicted octanol–water partition coefficient (Wildman–Crippen LogP) is 3.82. The molecule has 1 aromatic heterocycles. The lowest BCUT2D eigenvalue weighted by atomic mass is 9.78. The maximum atomic E-state index is 6.44. The number of nitrogens with one attached hydrogen (secondary N) is 1. The van der Waals surface area contributed by atoms with E-state index in [4.69, 9.17) is 11.6 Å². The normalized spacial score (nSPS) is 24.9. The van der Waals surface area contributed by atoms with Crippen LogP contribution in [0.15, 0.2) is 0 Å². The first kappa shape index (κ1) is 15.8. The van der Waals surface area contributed by atoms with Gasteiger partial charge in [0, 0.05) is 19.0 Å². The number of aromatic nitrogens is 2. The Morgan fingerprint density at radius 2 is 2.00 bits per heavy atom. The van der Waals surface area contributed by atoms with Gasteiger partial charge < -0.3 is 5.32 Å². The minimum atomic E-state index is 0.515. The molecule has 1 aliphatic rings. The van der Waals surface area contributed by atoms with E-state index in [0.717, 1.165) is 35.5 Å². The topological polar surface area (TPSA) is 29.9 Å². The van der Waals surface area contributed by atoms with E-state index in [1.807, 2.05) is 6.92 Å². The average Bonchev–Trinajstić information content (AvgIpc) is 2.73. The molecule has 3 nitrogen and oxygen atoms in total. The number of likely N-dealkylation sites (N-methyl/N-ethyl adjacent to an activating group) is 1.